The topological polar surface area (TPSA) is 28.5 Å². The molecule has 4 nitrogen and oxygen atoms in total. The molecule has 146 valence electrons. The van der Waals surface area contributed by atoms with E-state index in [0.717, 1.165) is 56.1 Å². The average Bonchev–Trinajstić information content (AvgIpc) is 3.08. The average molecular weight is 368 g/mol. The summed E-state index contributed by atoms with van der Waals surface area (Å²) in [5.41, 5.74) is 3.44. The predicted molar refractivity (Wildman–Crippen MR) is 111 cm³/mol. The number of likely N-dealkylation sites (N-methyl/N-ethyl adjacent to an activating group) is 1. The van der Waals surface area contributed by atoms with E-state index >= 15 is 0 Å². The first-order valence-corrected chi connectivity index (χ1v) is 10.8. The molecule has 2 fully saturated rings. The fourth-order valence-corrected chi connectivity index (χ4v) is 4.95. The van der Waals surface area contributed by atoms with Crippen LogP contribution in [-0.4, -0.2) is 53.0 Å². The highest BCUT2D eigenvalue weighted by Crippen LogP contribution is 2.30. The molecule has 0 bridgehead atoms. The first-order valence-electron chi connectivity index (χ1n) is 10.8. The molecule has 0 spiro atoms. The molecule has 2 heterocycles. The van der Waals surface area contributed by atoms with E-state index in [2.05, 4.69) is 47.7 Å². The second kappa shape index (κ2) is 8.05. The van der Waals surface area contributed by atoms with Crippen LogP contribution in [0.2, 0.25) is 0 Å². The van der Waals surface area contributed by atoms with Crippen molar-refractivity contribution in [1.82, 2.24) is 14.4 Å². The molecule has 4 rings (SSSR count). The quantitative estimate of drug-likeness (QED) is 0.806. The van der Waals surface area contributed by atoms with Crippen molar-refractivity contribution >= 4 is 16.8 Å². The number of nitrogens with zero attached hydrogens (tertiary/aromatic N) is 3. The number of hydrogen-bond donors (Lipinski definition) is 0. The third kappa shape index (κ3) is 3.77. The van der Waals surface area contributed by atoms with Crippen LogP contribution in [0.4, 0.5) is 0 Å². The summed E-state index contributed by atoms with van der Waals surface area (Å²) >= 11 is 0. The Morgan fingerprint density at radius 3 is 2.52 bits per heavy atom. The Kier molecular flexibility index (Phi) is 5.53. The Morgan fingerprint density at radius 2 is 1.81 bits per heavy atom. The Morgan fingerprint density at radius 1 is 1.07 bits per heavy atom. The van der Waals surface area contributed by atoms with Crippen LogP contribution >= 0.6 is 0 Å². The summed E-state index contributed by atoms with van der Waals surface area (Å²) in [7, 11) is 0. The van der Waals surface area contributed by atoms with Crippen LogP contribution in [0.25, 0.3) is 10.9 Å². The largest absolute Gasteiger partial charge is 0.346 e. The molecule has 1 aliphatic carbocycles. The highest BCUT2D eigenvalue weighted by molar-refractivity contribution is 6.07. The van der Waals surface area contributed by atoms with Crippen LogP contribution in [0.5, 0.6) is 0 Å². The molecule has 27 heavy (non-hydrogen) atoms. The third-order valence-electron chi connectivity index (χ3n) is 6.62. The molecule has 1 aromatic carbocycles. The van der Waals surface area contributed by atoms with E-state index in [9.17, 15) is 4.79 Å². The Balaban J connectivity index is 1.62. The molecule has 2 aliphatic rings. The van der Waals surface area contributed by atoms with E-state index in [1.807, 2.05) is 4.90 Å². The number of hydrogen-bond acceptors (Lipinski definition) is 2. The number of benzene rings is 1. The first kappa shape index (κ1) is 18.5. The van der Waals surface area contributed by atoms with Crippen molar-refractivity contribution in [2.75, 3.05) is 32.7 Å². The fourth-order valence-electron chi connectivity index (χ4n) is 4.95. The molecule has 1 aromatic heterocycles. The van der Waals surface area contributed by atoms with Gasteiger partial charge in [-0.1, -0.05) is 44.4 Å². The number of piperazine rings is 1. The van der Waals surface area contributed by atoms with E-state index in [-0.39, 0.29) is 5.91 Å². The number of aromatic nitrogens is 1. The van der Waals surface area contributed by atoms with Gasteiger partial charge in [-0.2, -0.15) is 0 Å². The van der Waals surface area contributed by atoms with Crippen molar-refractivity contribution in [2.24, 2.45) is 5.92 Å². The molecule has 1 saturated carbocycles. The van der Waals surface area contributed by atoms with Gasteiger partial charge < -0.3 is 14.4 Å². The minimum Gasteiger partial charge on any atom is -0.346 e. The Labute approximate surface area is 163 Å². The molecule has 0 unspecified atom stereocenters. The van der Waals surface area contributed by atoms with Gasteiger partial charge in [0.15, 0.2) is 0 Å². The van der Waals surface area contributed by atoms with Gasteiger partial charge in [0.2, 0.25) is 0 Å². The number of aryl methyl sites for hydroxylation is 1. The lowest BCUT2D eigenvalue weighted by Gasteiger charge is -2.34. The van der Waals surface area contributed by atoms with Crippen molar-refractivity contribution in [1.29, 1.82) is 0 Å². The van der Waals surface area contributed by atoms with Gasteiger partial charge in [-0.05, 0) is 37.8 Å². The second-order valence-corrected chi connectivity index (χ2v) is 8.40. The highest BCUT2D eigenvalue weighted by atomic mass is 16.2. The van der Waals surface area contributed by atoms with Gasteiger partial charge in [-0.3, -0.25) is 4.79 Å². The van der Waals surface area contributed by atoms with Crippen LogP contribution in [-0.2, 0) is 6.54 Å². The van der Waals surface area contributed by atoms with Crippen LogP contribution in [0.3, 0.4) is 0 Å². The molecule has 0 N–H and O–H groups in total. The first-order chi connectivity index (χ1) is 13.2. The highest BCUT2D eigenvalue weighted by Gasteiger charge is 2.25. The van der Waals surface area contributed by atoms with Gasteiger partial charge in [-0.25, -0.2) is 0 Å². The standard InChI is InChI=1S/C23H33N3O/c1-3-24-12-14-25(15-13-24)23(27)21-17-26(16-19-9-5-4-6-10-19)22-18(2)8-7-11-20(21)22/h7-8,11,17,19H,3-6,9-10,12-16H2,1-2H3. The van der Waals surface area contributed by atoms with Gasteiger partial charge >= 0.3 is 0 Å². The van der Waals surface area contributed by atoms with Crippen molar-refractivity contribution in [3.05, 3.63) is 35.5 Å². The Hall–Kier alpha value is -1.81. The van der Waals surface area contributed by atoms with Crippen molar-refractivity contribution in [3.63, 3.8) is 0 Å². The predicted octanol–water partition coefficient (Wildman–Crippen LogP) is 4.31. The molecule has 1 aliphatic heterocycles. The molecular weight excluding hydrogens is 334 g/mol. The van der Waals surface area contributed by atoms with E-state index in [1.54, 1.807) is 0 Å². The smallest absolute Gasteiger partial charge is 0.256 e. The zero-order valence-corrected chi connectivity index (χ0v) is 16.9. The maximum absolute atomic E-state index is 13.3. The van der Waals surface area contributed by atoms with Crippen LogP contribution in [0, 0.1) is 12.8 Å². The van der Waals surface area contributed by atoms with E-state index in [1.165, 1.54) is 43.2 Å². The molecule has 2 aromatic rings. The summed E-state index contributed by atoms with van der Waals surface area (Å²) in [6, 6.07) is 6.40. The minimum atomic E-state index is 0.212. The van der Waals surface area contributed by atoms with E-state index in [0.29, 0.717) is 0 Å². The van der Waals surface area contributed by atoms with Crippen molar-refractivity contribution in [3.8, 4) is 0 Å². The normalized spacial score (nSPS) is 19.7. The van der Waals surface area contributed by atoms with Gasteiger partial charge in [0.25, 0.3) is 5.91 Å². The molecule has 0 radical (unpaired) electrons. The summed E-state index contributed by atoms with van der Waals surface area (Å²) in [5.74, 6) is 0.966. The Bertz CT molecular complexity index is 795. The summed E-state index contributed by atoms with van der Waals surface area (Å²) in [6.07, 6.45) is 8.91. The zero-order chi connectivity index (χ0) is 18.8. The van der Waals surface area contributed by atoms with E-state index in [4.69, 9.17) is 0 Å². The molecule has 1 amide bonds. The fraction of sp³-hybridized carbons (Fsp3) is 0.609. The summed E-state index contributed by atoms with van der Waals surface area (Å²) in [4.78, 5) is 17.8. The summed E-state index contributed by atoms with van der Waals surface area (Å²) < 4.78 is 2.39. The molecule has 4 heteroatoms. The van der Waals surface area contributed by atoms with Gasteiger partial charge in [0.05, 0.1) is 11.1 Å². The van der Waals surface area contributed by atoms with Gasteiger partial charge in [0, 0.05) is 44.3 Å². The van der Waals surface area contributed by atoms with Crippen molar-refractivity contribution in [2.45, 2.75) is 52.5 Å². The van der Waals surface area contributed by atoms with Crippen LogP contribution in [0.1, 0.15) is 54.9 Å². The SMILES string of the molecule is CCN1CCN(C(=O)c2cn(CC3CCCCC3)c3c(C)cccc23)CC1. The summed E-state index contributed by atoms with van der Waals surface area (Å²) in [5, 5.41) is 1.13. The number of fused-ring (bicyclic) bond motifs is 1. The van der Waals surface area contributed by atoms with Gasteiger partial charge in [0.1, 0.15) is 0 Å². The number of rotatable bonds is 4. The van der Waals surface area contributed by atoms with Gasteiger partial charge in [-0.15, -0.1) is 0 Å². The summed E-state index contributed by atoms with van der Waals surface area (Å²) in [6.45, 7) is 10.2. The monoisotopic (exact) mass is 367 g/mol. The number of amides is 1. The van der Waals surface area contributed by atoms with Crippen LogP contribution in [0.15, 0.2) is 24.4 Å². The van der Waals surface area contributed by atoms with Crippen molar-refractivity contribution < 1.29 is 4.79 Å². The lowest BCUT2D eigenvalue weighted by molar-refractivity contribution is 0.0645. The lowest BCUT2D eigenvalue weighted by Crippen LogP contribution is -2.48. The lowest BCUT2D eigenvalue weighted by atomic mass is 9.89. The molecule has 1 saturated heterocycles. The number of para-hydroxylation sites is 1. The maximum Gasteiger partial charge on any atom is 0.256 e. The second-order valence-electron chi connectivity index (χ2n) is 8.40. The number of carbonyl (C=O) groups excluding carboxylic acids is 1. The zero-order valence-electron chi connectivity index (χ0n) is 16.9. The third-order valence-corrected chi connectivity index (χ3v) is 6.62. The maximum atomic E-state index is 13.3. The van der Waals surface area contributed by atoms with Crippen LogP contribution < -0.4 is 0 Å². The molecular formula is C23H33N3O. The van der Waals surface area contributed by atoms with E-state index < -0.39 is 0 Å². The molecule has 0 atom stereocenters. The minimum absolute atomic E-state index is 0.212. The number of carbonyl (C=O) groups is 1.